The van der Waals surface area contributed by atoms with Crippen molar-refractivity contribution in [2.45, 2.75) is 39.0 Å². The van der Waals surface area contributed by atoms with Crippen LogP contribution in [0.4, 0.5) is 11.4 Å². The topological polar surface area (TPSA) is 73.6 Å². The molecule has 0 unspecified atom stereocenters. The third kappa shape index (κ3) is 6.99. The van der Waals surface area contributed by atoms with Crippen molar-refractivity contribution < 1.29 is 14.3 Å². The number of carbonyl (C=O) groups excluding carboxylic acids is 1. The molecule has 21 heavy (non-hydrogen) atoms. The minimum atomic E-state index is -0.194. The zero-order valence-corrected chi connectivity index (χ0v) is 13.0. The smallest absolute Gasteiger partial charge is 0.250 e. The molecule has 0 aromatic heterocycles. The van der Waals surface area contributed by atoms with E-state index in [1.165, 1.54) is 19.3 Å². The molecular weight excluding hydrogens is 268 g/mol. The summed E-state index contributed by atoms with van der Waals surface area (Å²) in [6.45, 7) is 2.86. The quantitative estimate of drug-likeness (QED) is 0.513. The number of rotatable bonds is 10. The molecule has 0 bridgehead atoms. The summed E-state index contributed by atoms with van der Waals surface area (Å²) in [5.41, 5.74) is 6.88. The first-order chi connectivity index (χ1) is 10.2. The molecule has 0 spiro atoms. The van der Waals surface area contributed by atoms with E-state index in [9.17, 15) is 4.79 Å². The first kappa shape index (κ1) is 17.3. The summed E-state index contributed by atoms with van der Waals surface area (Å²) < 4.78 is 10.4. The van der Waals surface area contributed by atoms with Gasteiger partial charge in [0.25, 0.3) is 0 Å². The fourth-order valence-electron chi connectivity index (χ4n) is 1.94. The van der Waals surface area contributed by atoms with Crippen molar-refractivity contribution >= 4 is 17.3 Å². The summed E-state index contributed by atoms with van der Waals surface area (Å²) in [5.74, 6) is 0.467. The van der Waals surface area contributed by atoms with Crippen molar-refractivity contribution in [2.75, 3.05) is 31.4 Å². The van der Waals surface area contributed by atoms with Crippen LogP contribution in [-0.2, 0) is 9.53 Å². The lowest BCUT2D eigenvalue weighted by Crippen LogP contribution is -2.19. The monoisotopic (exact) mass is 294 g/mol. The van der Waals surface area contributed by atoms with Gasteiger partial charge in [0.15, 0.2) is 0 Å². The lowest BCUT2D eigenvalue weighted by atomic mass is 10.2. The van der Waals surface area contributed by atoms with E-state index in [-0.39, 0.29) is 12.5 Å². The highest BCUT2D eigenvalue weighted by molar-refractivity contribution is 5.94. The van der Waals surface area contributed by atoms with Crippen LogP contribution < -0.4 is 15.8 Å². The standard InChI is InChI=1S/C16H26N2O3/c1-3-4-5-6-7-10-21-12-16(19)18-15-9-8-13(20-2)11-14(15)17/h8-9,11H,3-7,10,12,17H2,1-2H3,(H,18,19). The SMILES string of the molecule is CCCCCCCOCC(=O)Nc1ccc(OC)cc1N. The molecule has 0 saturated heterocycles. The molecule has 1 rings (SSSR count). The zero-order valence-electron chi connectivity index (χ0n) is 13.0. The van der Waals surface area contributed by atoms with Gasteiger partial charge < -0.3 is 20.5 Å². The normalized spacial score (nSPS) is 10.4. The Balaban J connectivity index is 2.21. The van der Waals surface area contributed by atoms with Crippen molar-refractivity contribution in [1.29, 1.82) is 0 Å². The largest absolute Gasteiger partial charge is 0.497 e. The number of unbranched alkanes of at least 4 members (excludes halogenated alkanes) is 4. The Kier molecular flexibility index (Phi) is 8.28. The van der Waals surface area contributed by atoms with Crippen LogP contribution in [0.25, 0.3) is 0 Å². The van der Waals surface area contributed by atoms with Crippen LogP contribution in [-0.4, -0.2) is 26.2 Å². The van der Waals surface area contributed by atoms with E-state index < -0.39 is 0 Å². The number of carbonyl (C=O) groups is 1. The summed E-state index contributed by atoms with van der Waals surface area (Å²) in [7, 11) is 1.57. The van der Waals surface area contributed by atoms with Crippen molar-refractivity contribution in [2.24, 2.45) is 0 Å². The molecule has 0 fully saturated rings. The van der Waals surface area contributed by atoms with Crippen LogP contribution in [0.1, 0.15) is 39.0 Å². The molecule has 1 aromatic carbocycles. The Hall–Kier alpha value is -1.75. The molecule has 5 heteroatoms. The first-order valence-corrected chi connectivity index (χ1v) is 7.48. The maximum atomic E-state index is 11.7. The van der Waals surface area contributed by atoms with E-state index in [4.69, 9.17) is 15.2 Å². The van der Waals surface area contributed by atoms with Crippen molar-refractivity contribution in [1.82, 2.24) is 0 Å². The predicted molar refractivity (Wildman–Crippen MR) is 85.6 cm³/mol. The van der Waals surface area contributed by atoms with Crippen molar-refractivity contribution in [3.63, 3.8) is 0 Å². The Bertz CT molecular complexity index is 436. The van der Waals surface area contributed by atoms with Gasteiger partial charge in [0.05, 0.1) is 18.5 Å². The summed E-state index contributed by atoms with van der Waals surface area (Å²) >= 11 is 0. The second kappa shape index (κ2) is 10.0. The Morgan fingerprint density at radius 1 is 1.24 bits per heavy atom. The van der Waals surface area contributed by atoms with E-state index in [1.54, 1.807) is 25.3 Å². The van der Waals surface area contributed by atoms with E-state index in [0.29, 0.717) is 23.7 Å². The molecule has 1 amide bonds. The second-order valence-electron chi connectivity index (χ2n) is 4.97. The Labute approximate surface area is 126 Å². The molecule has 0 saturated carbocycles. The fraction of sp³-hybridized carbons (Fsp3) is 0.562. The Morgan fingerprint density at radius 3 is 2.67 bits per heavy atom. The number of hydrogen-bond donors (Lipinski definition) is 2. The summed E-state index contributed by atoms with van der Waals surface area (Å²) in [6, 6.07) is 5.14. The van der Waals surface area contributed by atoms with E-state index >= 15 is 0 Å². The van der Waals surface area contributed by atoms with Crippen LogP contribution in [0.5, 0.6) is 5.75 Å². The number of nitrogens with two attached hydrogens (primary N) is 1. The number of nitrogens with one attached hydrogen (secondary N) is 1. The number of ether oxygens (including phenoxy) is 2. The van der Waals surface area contributed by atoms with Gasteiger partial charge in [-0.1, -0.05) is 32.6 Å². The maximum Gasteiger partial charge on any atom is 0.250 e. The average molecular weight is 294 g/mol. The molecule has 5 nitrogen and oxygen atoms in total. The van der Waals surface area contributed by atoms with Gasteiger partial charge >= 0.3 is 0 Å². The third-order valence-electron chi connectivity index (χ3n) is 3.16. The van der Waals surface area contributed by atoms with E-state index in [1.807, 2.05) is 0 Å². The maximum absolute atomic E-state index is 11.7. The summed E-state index contributed by atoms with van der Waals surface area (Å²) in [6.07, 6.45) is 5.87. The van der Waals surface area contributed by atoms with Gasteiger partial charge in [-0.25, -0.2) is 0 Å². The second-order valence-corrected chi connectivity index (χ2v) is 4.97. The van der Waals surface area contributed by atoms with Gasteiger partial charge in [-0.3, -0.25) is 4.79 Å². The number of anilines is 2. The molecule has 0 atom stereocenters. The van der Waals surface area contributed by atoms with Crippen molar-refractivity contribution in [3.8, 4) is 5.75 Å². The summed E-state index contributed by atoms with van der Waals surface area (Å²) in [4.78, 5) is 11.7. The fourth-order valence-corrected chi connectivity index (χ4v) is 1.94. The zero-order chi connectivity index (χ0) is 15.5. The van der Waals surface area contributed by atoms with Gasteiger partial charge in [-0.15, -0.1) is 0 Å². The van der Waals surface area contributed by atoms with Crippen LogP contribution in [0.2, 0.25) is 0 Å². The third-order valence-corrected chi connectivity index (χ3v) is 3.16. The van der Waals surface area contributed by atoms with Gasteiger partial charge in [0.1, 0.15) is 12.4 Å². The van der Waals surface area contributed by atoms with Gasteiger partial charge in [0.2, 0.25) is 5.91 Å². The molecule has 3 N–H and O–H groups in total. The average Bonchev–Trinajstić information content (AvgIpc) is 2.48. The molecule has 118 valence electrons. The predicted octanol–water partition coefficient (Wildman–Crippen LogP) is 3.20. The molecule has 0 aliphatic carbocycles. The number of hydrogen-bond acceptors (Lipinski definition) is 4. The van der Waals surface area contributed by atoms with E-state index in [2.05, 4.69) is 12.2 Å². The number of benzene rings is 1. The van der Waals surface area contributed by atoms with Crippen LogP contribution in [0.3, 0.4) is 0 Å². The molecule has 0 aliphatic rings. The lowest BCUT2D eigenvalue weighted by molar-refractivity contribution is -0.120. The minimum Gasteiger partial charge on any atom is -0.497 e. The highest BCUT2D eigenvalue weighted by Gasteiger charge is 2.06. The van der Waals surface area contributed by atoms with Crippen molar-refractivity contribution in [3.05, 3.63) is 18.2 Å². The van der Waals surface area contributed by atoms with Gasteiger partial charge in [0, 0.05) is 12.7 Å². The first-order valence-electron chi connectivity index (χ1n) is 7.48. The number of amides is 1. The van der Waals surface area contributed by atoms with Gasteiger partial charge in [-0.2, -0.15) is 0 Å². The molecular formula is C16H26N2O3. The summed E-state index contributed by atoms with van der Waals surface area (Å²) in [5, 5.41) is 2.73. The number of nitrogen functional groups attached to an aromatic ring is 1. The molecule has 0 aliphatic heterocycles. The lowest BCUT2D eigenvalue weighted by Gasteiger charge is -2.10. The minimum absolute atomic E-state index is 0.0548. The molecule has 0 radical (unpaired) electrons. The van der Waals surface area contributed by atoms with Crippen LogP contribution >= 0.6 is 0 Å². The van der Waals surface area contributed by atoms with Gasteiger partial charge in [-0.05, 0) is 18.6 Å². The van der Waals surface area contributed by atoms with Crippen LogP contribution in [0.15, 0.2) is 18.2 Å². The Morgan fingerprint density at radius 2 is 2.00 bits per heavy atom. The number of methoxy groups -OCH3 is 1. The highest BCUT2D eigenvalue weighted by Crippen LogP contribution is 2.23. The molecule has 1 aromatic rings. The van der Waals surface area contributed by atoms with E-state index in [0.717, 1.165) is 12.8 Å². The molecule has 0 heterocycles. The highest BCUT2D eigenvalue weighted by atomic mass is 16.5. The van der Waals surface area contributed by atoms with Crippen LogP contribution in [0, 0.1) is 0 Å².